The molecule has 1 amide bonds. The average molecular weight is 509 g/mol. The Bertz CT molecular complexity index is 1180. The predicted molar refractivity (Wildman–Crippen MR) is 148 cm³/mol. The van der Waals surface area contributed by atoms with Crippen LogP contribution in [0.1, 0.15) is 54.9 Å². The molecule has 0 radical (unpaired) electrons. The van der Waals surface area contributed by atoms with Gasteiger partial charge in [-0.1, -0.05) is 13.8 Å². The van der Waals surface area contributed by atoms with Crippen LogP contribution in [-0.2, 0) is 4.74 Å². The van der Waals surface area contributed by atoms with Crippen molar-refractivity contribution in [2.45, 2.75) is 47.0 Å². The molecule has 200 valence electrons. The molecule has 3 aromatic rings. The number of carbonyl (C=O) groups is 1. The molecule has 2 aromatic heterocycles. The minimum atomic E-state index is -0.282. The van der Waals surface area contributed by atoms with Crippen LogP contribution in [0, 0.1) is 13.8 Å². The van der Waals surface area contributed by atoms with Crippen LogP contribution in [0.2, 0.25) is 0 Å². The van der Waals surface area contributed by atoms with Crippen LogP contribution in [0.25, 0.3) is 10.9 Å². The van der Waals surface area contributed by atoms with Crippen LogP contribution in [-0.4, -0.2) is 78.3 Å². The first-order valence-electron chi connectivity index (χ1n) is 13.5. The predicted octanol–water partition coefficient (Wildman–Crippen LogP) is 4.55. The number of rotatable bonds is 11. The van der Waals surface area contributed by atoms with Crippen LogP contribution in [0.4, 0.5) is 11.6 Å². The number of fused-ring (bicyclic) bond motifs is 1. The summed E-state index contributed by atoms with van der Waals surface area (Å²) in [7, 11) is 0. The van der Waals surface area contributed by atoms with E-state index in [2.05, 4.69) is 57.8 Å². The molecule has 0 atom stereocenters. The number of aromatic amines is 1. The number of benzene rings is 1. The summed E-state index contributed by atoms with van der Waals surface area (Å²) >= 11 is 0. The monoisotopic (exact) mass is 508 g/mol. The maximum atomic E-state index is 13.3. The number of aromatic nitrogens is 3. The molecule has 9 heteroatoms. The number of hydrogen-bond donors (Lipinski definition) is 2. The highest BCUT2D eigenvalue weighted by Crippen LogP contribution is 2.25. The molecule has 4 rings (SSSR count). The highest BCUT2D eigenvalue weighted by molar-refractivity contribution is 6.04. The van der Waals surface area contributed by atoms with E-state index in [4.69, 9.17) is 9.47 Å². The molecule has 37 heavy (non-hydrogen) atoms. The van der Waals surface area contributed by atoms with Gasteiger partial charge in [0.1, 0.15) is 12.3 Å². The van der Waals surface area contributed by atoms with Gasteiger partial charge in [0.15, 0.2) is 0 Å². The van der Waals surface area contributed by atoms with Gasteiger partial charge in [-0.2, -0.15) is 4.98 Å². The molecule has 1 aliphatic heterocycles. The van der Waals surface area contributed by atoms with Gasteiger partial charge in [-0.15, -0.1) is 0 Å². The van der Waals surface area contributed by atoms with E-state index in [9.17, 15) is 4.79 Å². The quantitative estimate of drug-likeness (QED) is 0.392. The van der Waals surface area contributed by atoms with Crippen molar-refractivity contribution >= 4 is 28.4 Å². The maximum Gasteiger partial charge on any atom is 0.274 e. The van der Waals surface area contributed by atoms with Crippen molar-refractivity contribution in [2.75, 3.05) is 62.8 Å². The van der Waals surface area contributed by atoms with Gasteiger partial charge in [-0.3, -0.25) is 9.69 Å². The zero-order valence-corrected chi connectivity index (χ0v) is 22.6. The number of anilines is 2. The van der Waals surface area contributed by atoms with Crippen molar-refractivity contribution in [2.24, 2.45) is 0 Å². The third-order valence-electron chi connectivity index (χ3n) is 6.73. The van der Waals surface area contributed by atoms with Crippen LogP contribution in [0.15, 0.2) is 24.3 Å². The number of hydrogen-bond acceptors (Lipinski definition) is 7. The molecule has 3 heterocycles. The van der Waals surface area contributed by atoms with Crippen LogP contribution in [0.5, 0.6) is 5.88 Å². The van der Waals surface area contributed by atoms with E-state index in [1.807, 2.05) is 18.2 Å². The lowest BCUT2D eigenvalue weighted by Crippen LogP contribution is -2.31. The Balaban J connectivity index is 1.54. The zero-order chi connectivity index (χ0) is 26.2. The zero-order valence-electron chi connectivity index (χ0n) is 22.6. The second-order valence-electron chi connectivity index (χ2n) is 9.62. The summed E-state index contributed by atoms with van der Waals surface area (Å²) in [4.78, 5) is 30.5. The largest absolute Gasteiger partial charge is 0.476 e. The van der Waals surface area contributed by atoms with E-state index in [-0.39, 0.29) is 5.91 Å². The highest BCUT2D eigenvalue weighted by Gasteiger charge is 2.18. The summed E-state index contributed by atoms with van der Waals surface area (Å²) in [5.74, 6) is 0.670. The van der Waals surface area contributed by atoms with Gasteiger partial charge >= 0.3 is 0 Å². The summed E-state index contributed by atoms with van der Waals surface area (Å²) < 4.78 is 11.6. The average Bonchev–Trinajstić information content (AvgIpc) is 3.05. The van der Waals surface area contributed by atoms with Crippen LogP contribution in [0.3, 0.4) is 0 Å². The first kappa shape index (κ1) is 26.9. The SMILES string of the molecule is CCCN(CCC)c1nc(OCCN2CCCOCC2)cc(C(=O)Nc2ccc3[nH]c(C)c(C)c3c2)n1. The van der Waals surface area contributed by atoms with E-state index in [1.54, 1.807) is 6.07 Å². The van der Waals surface area contributed by atoms with E-state index in [0.717, 1.165) is 87.5 Å². The molecular formula is C28H40N6O3. The van der Waals surface area contributed by atoms with Crippen molar-refractivity contribution in [3.63, 3.8) is 0 Å². The maximum absolute atomic E-state index is 13.3. The molecule has 2 N–H and O–H groups in total. The molecule has 1 saturated heterocycles. The Morgan fingerprint density at radius 3 is 2.73 bits per heavy atom. The fourth-order valence-electron chi connectivity index (χ4n) is 4.63. The van der Waals surface area contributed by atoms with Crippen LogP contribution < -0.4 is 15.0 Å². The minimum Gasteiger partial charge on any atom is -0.476 e. The van der Waals surface area contributed by atoms with E-state index < -0.39 is 0 Å². The number of amides is 1. The van der Waals surface area contributed by atoms with Crippen molar-refractivity contribution in [1.82, 2.24) is 19.9 Å². The highest BCUT2D eigenvalue weighted by atomic mass is 16.5. The smallest absolute Gasteiger partial charge is 0.274 e. The summed E-state index contributed by atoms with van der Waals surface area (Å²) in [5, 5.41) is 4.12. The standard InChI is InChI=1S/C28H40N6O3/c1-5-10-34(11-6-2)28-31-25(19-26(32-28)37-17-14-33-12-7-15-36-16-13-33)27(35)30-22-8-9-24-23(18-22)20(3)21(4)29-24/h8-9,18-19,29H,5-7,10-17H2,1-4H3,(H,30,35). The third kappa shape index (κ3) is 6.99. The van der Waals surface area contributed by atoms with Gasteiger partial charge in [-0.05, 0) is 56.9 Å². The lowest BCUT2D eigenvalue weighted by atomic mass is 10.1. The molecule has 9 nitrogen and oxygen atoms in total. The Morgan fingerprint density at radius 2 is 1.95 bits per heavy atom. The molecular weight excluding hydrogens is 468 g/mol. The van der Waals surface area contributed by atoms with Crippen molar-refractivity contribution in [3.05, 3.63) is 41.2 Å². The Labute approximate surface area is 219 Å². The van der Waals surface area contributed by atoms with Gasteiger partial charge in [0.05, 0.1) is 6.61 Å². The van der Waals surface area contributed by atoms with Gasteiger partial charge < -0.3 is 24.7 Å². The molecule has 0 aliphatic carbocycles. The summed E-state index contributed by atoms with van der Waals surface area (Å²) in [5.41, 5.74) is 4.38. The van der Waals surface area contributed by atoms with Gasteiger partial charge in [0.2, 0.25) is 11.8 Å². The second kappa shape index (κ2) is 12.9. The second-order valence-corrected chi connectivity index (χ2v) is 9.62. The molecule has 1 fully saturated rings. The fraction of sp³-hybridized carbons (Fsp3) is 0.536. The number of nitrogens with one attached hydrogen (secondary N) is 2. The van der Waals surface area contributed by atoms with Gasteiger partial charge in [0.25, 0.3) is 5.91 Å². The third-order valence-corrected chi connectivity index (χ3v) is 6.73. The minimum absolute atomic E-state index is 0.282. The number of carbonyl (C=O) groups excluding carboxylic acids is 1. The van der Waals surface area contributed by atoms with Crippen LogP contribution >= 0.6 is 0 Å². The number of ether oxygens (including phenoxy) is 2. The normalized spacial score (nSPS) is 14.5. The van der Waals surface area contributed by atoms with Crippen molar-refractivity contribution in [1.29, 1.82) is 0 Å². The molecule has 0 bridgehead atoms. The Morgan fingerprint density at radius 1 is 1.14 bits per heavy atom. The Hall–Kier alpha value is -3.17. The fourth-order valence-corrected chi connectivity index (χ4v) is 4.63. The number of aryl methyl sites for hydroxylation is 2. The van der Waals surface area contributed by atoms with E-state index in [1.165, 1.54) is 5.56 Å². The number of nitrogens with zero attached hydrogens (tertiary/aromatic N) is 4. The lowest BCUT2D eigenvalue weighted by Gasteiger charge is -2.23. The van der Waals surface area contributed by atoms with E-state index in [0.29, 0.717) is 24.1 Å². The number of H-pyrrole nitrogens is 1. The molecule has 0 saturated carbocycles. The summed E-state index contributed by atoms with van der Waals surface area (Å²) in [6, 6.07) is 7.53. The molecule has 1 aliphatic rings. The van der Waals surface area contributed by atoms with Crippen molar-refractivity contribution in [3.8, 4) is 5.88 Å². The first-order valence-corrected chi connectivity index (χ1v) is 13.5. The summed E-state index contributed by atoms with van der Waals surface area (Å²) in [6.07, 6.45) is 2.95. The molecule has 0 unspecified atom stereocenters. The van der Waals surface area contributed by atoms with Crippen molar-refractivity contribution < 1.29 is 14.3 Å². The van der Waals surface area contributed by atoms with E-state index >= 15 is 0 Å². The van der Waals surface area contributed by atoms with Gasteiger partial charge in [-0.25, -0.2) is 4.98 Å². The van der Waals surface area contributed by atoms with Gasteiger partial charge in [0, 0.05) is 67.7 Å². The topological polar surface area (TPSA) is 95.6 Å². The molecule has 1 aromatic carbocycles. The first-order chi connectivity index (χ1) is 18.0. The molecule has 0 spiro atoms. The Kier molecular flexibility index (Phi) is 9.35. The summed E-state index contributed by atoms with van der Waals surface area (Å²) in [6.45, 7) is 14.7. The lowest BCUT2D eigenvalue weighted by molar-refractivity contribution is 0.102.